The summed E-state index contributed by atoms with van der Waals surface area (Å²) in [6.45, 7) is 1.93. The molecule has 4 heteroatoms. The van der Waals surface area contributed by atoms with Crippen LogP contribution in [-0.2, 0) is 5.54 Å². The van der Waals surface area contributed by atoms with Crippen LogP contribution in [0.3, 0.4) is 0 Å². The molecule has 1 fully saturated rings. The number of carbonyl (C=O) groups is 1. The van der Waals surface area contributed by atoms with Crippen molar-refractivity contribution in [2.24, 2.45) is 0 Å². The molecule has 0 aliphatic heterocycles. The van der Waals surface area contributed by atoms with Gasteiger partial charge in [-0.15, -0.1) is 0 Å². The molecule has 0 atom stereocenters. The SMILES string of the molecule is Cc1ccc(NC(=O)NC2(c3ccccc3)CC2)cc1Cl. The lowest BCUT2D eigenvalue weighted by Crippen LogP contribution is -2.38. The Hall–Kier alpha value is -2.00. The second kappa shape index (κ2) is 5.41. The van der Waals surface area contributed by atoms with Crippen molar-refractivity contribution in [1.29, 1.82) is 0 Å². The number of urea groups is 1. The third kappa shape index (κ3) is 3.03. The molecule has 0 saturated heterocycles. The predicted octanol–water partition coefficient (Wildman–Crippen LogP) is 4.46. The highest BCUT2D eigenvalue weighted by molar-refractivity contribution is 6.31. The second-order valence-electron chi connectivity index (χ2n) is 5.49. The van der Waals surface area contributed by atoms with E-state index in [9.17, 15) is 4.79 Å². The topological polar surface area (TPSA) is 41.1 Å². The van der Waals surface area contributed by atoms with Gasteiger partial charge in [0.25, 0.3) is 0 Å². The lowest BCUT2D eigenvalue weighted by atomic mass is 10.1. The summed E-state index contributed by atoms with van der Waals surface area (Å²) in [7, 11) is 0. The maximum Gasteiger partial charge on any atom is 0.319 e. The van der Waals surface area contributed by atoms with Crippen LogP contribution in [0.2, 0.25) is 5.02 Å². The van der Waals surface area contributed by atoms with E-state index in [1.54, 1.807) is 6.07 Å². The molecule has 0 aromatic heterocycles. The fourth-order valence-electron chi connectivity index (χ4n) is 2.42. The van der Waals surface area contributed by atoms with Gasteiger partial charge in [0.1, 0.15) is 0 Å². The minimum Gasteiger partial charge on any atom is -0.328 e. The highest BCUT2D eigenvalue weighted by Gasteiger charge is 2.45. The van der Waals surface area contributed by atoms with Gasteiger partial charge in [-0.05, 0) is 43.0 Å². The van der Waals surface area contributed by atoms with Crippen LogP contribution in [-0.4, -0.2) is 6.03 Å². The van der Waals surface area contributed by atoms with Crippen LogP contribution in [0.15, 0.2) is 48.5 Å². The molecule has 0 bridgehead atoms. The predicted molar refractivity (Wildman–Crippen MR) is 85.7 cm³/mol. The first-order chi connectivity index (χ1) is 10.1. The molecule has 1 aliphatic rings. The van der Waals surface area contributed by atoms with E-state index in [4.69, 9.17) is 11.6 Å². The Morgan fingerprint density at radius 2 is 1.86 bits per heavy atom. The molecule has 3 rings (SSSR count). The van der Waals surface area contributed by atoms with Crippen molar-refractivity contribution < 1.29 is 4.79 Å². The number of anilines is 1. The highest BCUT2D eigenvalue weighted by Crippen LogP contribution is 2.45. The van der Waals surface area contributed by atoms with Gasteiger partial charge >= 0.3 is 6.03 Å². The number of amides is 2. The summed E-state index contributed by atoms with van der Waals surface area (Å²) in [4.78, 5) is 12.2. The Morgan fingerprint density at radius 3 is 2.48 bits per heavy atom. The molecule has 2 amide bonds. The Bertz CT molecular complexity index is 666. The van der Waals surface area contributed by atoms with E-state index in [-0.39, 0.29) is 11.6 Å². The van der Waals surface area contributed by atoms with Gasteiger partial charge in [-0.25, -0.2) is 4.79 Å². The molecule has 21 heavy (non-hydrogen) atoms. The van der Waals surface area contributed by atoms with Crippen LogP contribution in [0, 0.1) is 6.92 Å². The van der Waals surface area contributed by atoms with Crippen LogP contribution in [0.1, 0.15) is 24.0 Å². The molecular formula is C17H17ClN2O. The van der Waals surface area contributed by atoms with E-state index in [0.29, 0.717) is 10.7 Å². The number of benzene rings is 2. The molecule has 2 aromatic rings. The van der Waals surface area contributed by atoms with Crippen LogP contribution < -0.4 is 10.6 Å². The molecule has 2 N–H and O–H groups in total. The summed E-state index contributed by atoms with van der Waals surface area (Å²) in [5.41, 5.74) is 2.64. The van der Waals surface area contributed by atoms with Crippen molar-refractivity contribution in [2.45, 2.75) is 25.3 Å². The largest absolute Gasteiger partial charge is 0.328 e. The molecule has 0 heterocycles. The molecule has 0 spiro atoms. The molecule has 0 radical (unpaired) electrons. The van der Waals surface area contributed by atoms with Gasteiger partial charge in [0, 0.05) is 10.7 Å². The van der Waals surface area contributed by atoms with E-state index in [2.05, 4.69) is 22.8 Å². The minimum atomic E-state index is -0.208. The summed E-state index contributed by atoms with van der Waals surface area (Å²) in [5, 5.41) is 6.56. The standard InChI is InChI=1S/C17H17ClN2O/c1-12-7-8-14(11-15(12)18)19-16(21)20-17(9-10-17)13-5-3-2-4-6-13/h2-8,11H,9-10H2,1H3,(H2,19,20,21). The molecule has 1 saturated carbocycles. The summed E-state index contributed by atoms with van der Waals surface area (Å²) < 4.78 is 0. The van der Waals surface area contributed by atoms with E-state index in [1.165, 1.54) is 0 Å². The molecule has 3 nitrogen and oxygen atoms in total. The van der Waals surface area contributed by atoms with E-state index >= 15 is 0 Å². The Kier molecular flexibility index (Phi) is 3.60. The number of carbonyl (C=O) groups excluding carboxylic acids is 1. The van der Waals surface area contributed by atoms with Gasteiger partial charge in [-0.3, -0.25) is 0 Å². The third-order valence-electron chi connectivity index (χ3n) is 3.86. The Labute approximate surface area is 129 Å². The fraction of sp³-hybridized carbons (Fsp3) is 0.235. The summed E-state index contributed by atoms with van der Waals surface area (Å²) in [6.07, 6.45) is 1.94. The average Bonchev–Trinajstić information content (AvgIpc) is 3.25. The number of hydrogen-bond donors (Lipinski definition) is 2. The lowest BCUT2D eigenvalue weighted by Gasteiger charge is -2.18. The maximum absolute atomic E-state index is 12.2. The molecule has 0 unspecified atom stereocenters. The third-order valence-corrected chi connectivity index (χ3v) is 4.27. The molecule has 1 aliphatic carbocycles. The zero-order valence-corrected chi connectivity index (χ0v) is 12.6. The van der Waals surface area contributed by atoms with Gasteiger partial charge in [-0.1, -0.05) is 48.0 Å². The van der Waals surface area contributed by atoms with Gasteiger partial charge in [-0.2, -0.15) is 0 Å². The first-order valence-corrected chi connectivity index (χ1v) is 7.38. The normalized spacial score (nSPS) is 15.3. The van der Waals surface area contributed by atoms with Crippen LogP contribution in [0.25, 0.3) is 0 Å². The summed E-state index contributed by atoms with van der Waals surface area (Å²) >= 11 is 6.07. The maximum atomic E-state index is 12.2. The van der Waals surface area contributed by atoms with Gasteiger partial charge in [0.2, 0.25) is 0 Å². The van der Waals surface area contributed by atoms with Crippen molar-refractivity contribution in [3.05, 3.63) is 64.7 Å². The first kappa shape index (κ1) is 14.0. The monoisotopic (exact) mass is 300 g/mol. The number of nitrogens with one attached hydrogen (secondary N) is 2. The fourth-order valence-corrected chi connectivity index (χ4v) is 2.60. The lowest BCUT2D eigenvalue weighted by molar-refractivity contribution is 0.247. The number of halogens is 1. The number of rotatable bonds is 3. The smallest absolute Gasteiger partial charge is 0.319 e. The van der Waals surface area contributed by atoms with Crippen molar-refractivity contribution in [3.8, 4) is 0 Å². The Balaban J connectivity index is 1.68. The molecule has 2 aromatic carbocycles. The average molecular weight is 301 g/mol. The number of aryl methyl sites for hydroxylation is 1. The number of hydrogen-bond acceptors (Lipinski definition) is 1. The Morgan fingerprint density at radius 1 is 1.14 bits per heavy atom. The summed E-state index contributed by atoms with van der Waals surface area (Å²) in [6, 6.07) is 15.4. The zero-order valence-electron chi connectivity index (χ0n) is 11.8. The van der Waals surface area contributed by atoms with Crippen LogP contribution in [0.4, 0.5) is 10.5 Å². The van der Waals surface area contributed by atoms with E-state index < -0.39 is 0 Å². The van der Waals surface area contributed by atoms with Gasteiger partial charge in [0.05, 0.1) is 5.54 Å². The second-order valence-corrected chi connectivity index (χ2v) is 5.90. The zero-order chi connectivity index (χ0) is 14.9. The van der Waals surface area contributed by atoms with Gasteiger partial charge < -0.3 is 10.6 Å². The van der Waals surface area contributed by atoms with Crippen LogP contribution in [0.5, 0.6) is 0 Å². The minimum absolute atomic E-state index is 0.198. The first-order valence-electron chi connectivity index (χ1n) is 7.00. The molecular weight excluding hydrogens is 284 g/mol. The van der Waals surface area contributed by atoms with Crippen molar-refractivity contribution in [1.82, 2.24) is 5.32 Å². The van der Waals surface area contributed by atoms with Crippen molar-refractivity contribution in [2.75, 3.05) is 5.32 Å². The quantitative estimate of drug-likeness (QED) is 0.863. The van der Waals surface area contributed by atoms with Crippen molar-refractivity contribution >= 4 is 23.3 Å². The van der Waals surface area contributed by atoms with Crippen LogP contribution >= 0.6 is 11.6 Å². The van der Waals surface area contributed by atoms with Crippen molar-refractivity contribution in [3.63, 3.8) is 0 Å². The van der Waals surface area contributed by atoms with E-state index in [1.807, 2.05) is 37.3 Å². The van der Waals surface area contributed by atoms with E-state index in [0.717, 1.165) is 24.0 Å². The summed E-state index contributed by atoms with van der Waals surface area (Å²) in [5.74, 6) is 0. The molecule has 108 valence electrons. The highest BCUT2D eigenvalue weighted by atomic mass is 35.5. The van der Waals surface area contributed by atoms with Gasteiger partial charge in [0.15, 0.2) is 0 Å².